The molecular weight excluding hydrogens is 279 g/mol. The van der Waals surface area contributed by atoms with Gasteiger partial charge in [-0.3, -0.25) is 4.79 Å². The molecular formula is C11H10BrClO2. The van der Waals surface area contributed by atoms with E-state index in [4.69, 9.17) is 16.3 Å². The molecule has 0 spiro atoms. The Hall–Kier alpha value is -0.380. The fraction of sp³-hybridized carbons (Fsp3) is 0.364. The van der Waals surface area contributed by atoms with E-state index in [0.717, 1.165) is 10.0 Å². The predicted octanol–water partition coefficient (Wildman–Crippen LogP) is 3.52. The fourth-order valence-corrected chi connectivity index (χ4v) is 2.35. The molecule has 0 amide bonds. The third-order valence-corrected chi connectivity index (χ3v) is 3.87. The number of Topliss-reactive ketones (excluding diaryl/α,β-unsaturated/α-hetero) is 1. The summed E-state index contributed by atoms with van der Waals surface area (Å²) in [6, 6.07) is 5.60. The summed E-state index contributed by atoms with van der Waals surface area (Å²) in [4.78, 5) is 11.3. The van der Waals surface area contributed by atoms with Crippen LogP contribution in [0.5, 0.6) is 0 Å². The molecule has 0 bridgehead atoms. The largest absolute Gasteiger partial charge is 0.373 e. The smallest absolute Gasteiger partial charge is 0.138 e. The zero-order valence-electron chi connectivity index (χ0n) is 8.00. The van der Waals surface area contributed by atoms with Crippen molar-refractivity contribution in [2.75, 3.05) is 6.61 Å². The molecule has 1 aliphatic rings. The Morgan fingerprint density at radius 1 is 1.47 bits per heavy atom. The second kappa shape index (κ2) is 4.64. The molecule has 2 rings (SSSR count). The van der Waals surface area contributed by atoms with Gasteiger partial charge in [0.2, 0.25) is 0 Å². The number of halogens is 2. The summed E-state index contributed by atoms with van der Waals surface area (Å²) in [5, 5.41) is 0.647. The van der Waals surface area contributed by atoms with Gasteiger partial charge in [0.05, 0.1) is 17.7 Å². The molecule has 1 aliphatic heterocycles. The summed E-state index contributed by atoms with van der Waals surface area (Å²) >= 11 is 9.39. The molecule has 15 heavy (non-hydrogen) atoms. The molecule has 1 aromatic carbocycles. The van der Waals surface area contributed by atoms with E-state index in [9.17, 15) is 4.79 Å². The van der Waals surface area contributed by atoms with E-state index in [1.165, 1.54) is 0 Å². The van der Waals surface area contributed by atoms with Crippen molar-refractivity contribution in [1.29, 1.82) is 0 Å². The molecule has 0 aromatic heterocycles. The first-order valence-corrected chi connectivity index (χ1v) is 5.93. The van der Waals surface area contributed by atoms with E-state index >= 15 is 0 Å². The lowest BCUT2D eigenvalue weighted by Crippen LogP contribution is -2.19. The Morgan fingerprint density at radius 2 is 2.27 bits per heavy atom. The molecule has 0 radical (unpaired) electrons. The summed E-state index contributed by atoms with van der Waals surface area (Å²) in [5.41, 5.74) is 0.954. The second-order valence-corrected chi connectivity index (χ2v) is 4.70. The zero-order valence-corrected chi connectivity index (χ0v) is 10.3. The molecule has 1 heterocycles. The highest BCUT2D eigenvalue weighted by molar-refractivity contribution is 9.10. The van der Waals surface area contributed by atoms with Gasteiger partial charge in [-0.25, -0.2) is 0 Å². The van der Waals surface area contributed by atoms with Gasteiger partial charge in [-0.1, -0.05) is 23.7 Å². The van der Waals surface area contributed by atoms with Crippen molar-refractivity contribution in [3.05, 3.63) is 33.3 Å². The van der Waals surface area contributed by atoms with Crippen LogP contribution in [0.3, 0.4) is 0 Å². The summed E-state index contributed by atoms with van der Waals surface area (Å²) in [6.07, 6.45) is 0.812. The molecule has 1 unspecified atom stereocenters. The summed E-state index contributed by atoms with van der Waals surface area (Å²) < 4.78 is 6.39. The van der Waals surface area contributed by atoms with Crippen molar-refractivity contribution < 1.29 is 9.53 Å². The Morgan fingerprint density at radius 3 is 3.00 bits per heavy atom. The lowest BCUT2D eigenvalue weighted by atomic mass is 10.0. The third-order valence-electron chi connectivity index (χ3n) is 2.44. The van der Waals surface area contributed by atoms with Crippen molar-refractivity contribution in [1.82, 2.24) is 0 Å². The van der Waals surface area contributed by atoms with Crippen molar-refractivity contribution in [2.45, 2.75) is 18.9 Å². The van der Waals surface area contributed by atoms with Gasteiger partial charge in [0.25, 0.3) is 0 Å². The summed E-state index contributed by atoms with van der Waals surface area (Å²) in [7, 11) is 0. The van der Waals surface area contributed by atoms with E-state index in [2.05, 4.69) is 15.9 Å². The van der Waals surface area contributed by atoms with Crippen molar-refractivity contribution in [3.63, 3.8) is 0 Å². The number of ketones is 1. The number of rotatable bonds is 1. The molecule has 0 aliphatic carbocycles. The van der Waals surface area contributed by atoms with Crippen LogP contribution in [0, 0.1) is 0 Å². The van der Waals surface area contributed by atoms with Gasteiger partial charge in [0, 0.05) is 17.3 Å². The second-order valence-electron chi connectivity index (χ2n) is 3.50. The SMILES string of the molecule is O=C1CCOC(c2cccc(Cl)c2Br)C1. The van der Waals surface area contributed by atoms with Gasteiger partial charge < -0.3 is 4.74 Å². The van der Waals surface area contributed by atoms with Crippen LogP contribution in [0.1, 0.15) is 24.5 Å². The van der Waals surface area contributed by atoms with Crippen LogP contribution in [0.2, 0.25) is 5.02 Å². The highest BCUT2D eigenvalue weighted by atomic mass is 79.9. The fourth-order valence-electron chi connectivity index (χ4n) is 1.65. The maximum Gasteiger partial charge on any atom is 0.138 e. The number of hydrogen-bond donors (Lipinski definition) is 0. The number of hydrogen-bond acceptors (Lipinski definition) is 2. The van der Waals surface area contributed by atoms with Crippen LogP contribution < -0.4 is 0 Å². The van der Waals surface area contributed by atoms with Crippen LogP contribution in [-0.4, -0.2) is 12.4 Å². The Labute approximate surface area is 102 Å². The number of benzene rings is 1. The monoisotopic (exact) mass is 288 g/mol. The molecule has 2 nitrogen and oxygen atoms in total. The highest BCUT2D eigenvalue weighted by Crippen LogP contribution is 2.35. The Balaban J connectivity index is 2.28. The molecule has 0 saturated carbocycles. The first kappa shape index (κ1) is 11.1. The van der Waals surface area contributed by atoms with Gasteiger partial charge in [0.15, 0.2) is 0 Å². The lowest BCUT2D eigenvalue weighted by Gasteiger charge is -2.23. The van der Waals surface area contributed by atoms with Crippen LogP contribution in [-0.2, 0) is 9.53 Å². The third kappa shape index (κ3) is 2.41. The topological polar surface area (TPSA) is 26.3 Å². The van der Waals surface area contributed by atoms with E-state index in [-0.39, 0.29) is 11.9 Å². The quantitative estimate of drug-likeness (QED) is 0.790. The maximum atomic E-state index is 11.3. The van der Waals surface area contributed by atoms with Crippen molar-refractivity contribution in [3.8, 4) is 0 Å². The average molecular weight is 290 g/mol. The first-order valence-electron chi connectivity index (χ1n) is 4.75. The van der Waals surface area contributed by atoms with Crippen LogP contribution in [0.25, 0.3) is 0 Å². The molecule has 1 atom stereocenters. The van der Waals surface area contributed by atoms with Crippen LogP contribution >= 0.6 is 27.5 Å². The number of carbonyl (C=O) groups excluding carboxylic acids is 1. The summed E-state index contributed by atoms with van der Waals surface area (Å²) in [5.74, 6) is 0.248. The van der Waals surface area contributed by atoms with Gasteiger partial charge in [-0.05, 0) is 27.6 Å². The maximum absolute atomic E-state index is 11.3. The zero-order chi connectivity index (χ0) is 10.8. The summed E-state index contributed by atoms with van der Waals surface area (Å²) in [6.45, 7) is 0.502. The van der Waals surface area contributed by atoms with E-state index in [1.54, 1.807) is 6.07 Å². The molecule has 1 fully saturated rings. The number of ether oxygens (including phenoxy) is 1. The lowest BCUT2D eigenvalue weighted by molar-refractivity contribution is -0.128. The number of carbonyl (C=O) groups is 1. The normalized spacial score (nSPS) is 21.7. The predicted molar refractivity (Wildman–Crippen MR) is 62.1 cm³/mol. The van der Waals surface area contributed by atoms with E-state index in [0.29, 0.717) is 24.5 Å². The minimum absolute atomic E-state index is 0.153. The van der Waals surface area contributed by atoms with E-state index in [1.807, 2.05) is 12.1 Å². The van der Waals surface area contributed by atoms with Crippen molar-refractivity contribution in [2.24, 2.45) is 0 Å². The minimum Gasteiger partial charge on any atom is -0.373 e. The standard InChI is InChI=1S/C11H10BrClO2/c12-11-8(2-1-3-9(11)13)10-6-7(14)4-5-15-10/h1-3,10H,4-6H2. The van der Waals surface area contributed by atoms with Crippen LogP contribution in [0.15, 0.2) is 22.7 Å². The van der Waals surface area contributed by atoms with Crippen molar-refractivity contribution >= 4 is 33.3 Å². The van der Waals surface area contributed by atoms with Gasteiger partial charge in [-0.2, -0.15) is 0 Å². The van der Waals surface area contributed by atoms with Crippen LogP contribution in [0.4, 0.5) is 0 Å². The average Bonchev–Trinajstić information content (AvgIpc) is 2.22. The highest BCUT2D eigenvalue weighted by Gasteiger charge is 2.23. The molecule has 0 N–H and O–H groups in total. The molecule has 1 aromatic rings. The Kier molecular flexibility index (Phi) is 3.44. The minimum atomic E-state index is -0.153. The molecule has 80 valence electrons. The molecule has 1 saturated heterocycles. The van der Waals surface area contributed by atoms with Gasteiger partial charge in [-0.15, -0.1) is 0 Å². The molecule has 4 heteroatoms. The van der Waals surface area contributed by atoms with Gasteiger partial charge >= 0.3 is 0 Å². The Bertz CT molecular complexity index is 392. The van der Waals surface area contributed by atoms with E-state index < -0.39 is 0 Å². The first-order chi connectivity index (χ1) is 7.18. The van der Waals surface area contributed by atoms with Gasteiger partial charge in [0.1, 0.15) is 5.78 Å².